The van der Waals surface area contributed by atoms with E-state index in [1.165, 1.54) is 12.8 Å². The predicted molar refractivity (Wildman–Crippen MR) is 125 cm³/mol. The summed E-state index contributed by atoms with van der Waals surface area (Å²) in [4.78, 5) is 18.4. The molecule has 0 bridgehead atoms. The third kappa shape index (κ3) is 5.74. The molecular formula is C26H26N2O4. The highest BCUT2D eigenvalue weighted by atomic mass is 16.5. The van der Waals surface area contributed by atoms with Crippen LogP contribution in [0, 0.1) is 0 Å². The van der Waals surface area contributed by atoms with Crippen LogP contribution in [0.2, 0.25) is 0 Å². The lowest BCUT2D eigenvalue weighted by molar-refractivity contribution is 0.0600. The third-order valence-corrected chi connectivity index (χ3v) is 5.25. The number of hydrogen-bond donors (Lipinski definition) is 0. The summed E-state index contributed by atoms with van der Waals surface area (Å²) in [6, 6.07) is 23.2. The van der Waals surface area contributed by atoms with Gasteiger partial charge in [0.1, 0.15) is 12.4 Å². The lowest BCUT2D eigenvalue weighted by Crippen LogP contribution is -2.36. The molecule has 0 radical (unpaired) electrons. The standard InChI is InChI=1S/C26H26N2O4/c1-30-26(29)22-6-2-21(3-7-22)19-32-25-12-4-20(5-13-25)18-27-23-8-10-24(11-9-23)28-14-16-31-17-15-28/h2-13,18H,14-17,19H2,1H3. The van der Waals surface area contributed by atoms with Crippen molar-refractivity contribution < 1.29 is 19.0 Å². The van der Waals surface area contributed by atoms with E-state index in [9.17, 15) is 4.79 Å². The topological polar surface area (TPSA) is 60.4 Å². The van der Waals surface area contributed by atoms with Crippen LogP contribution in [0.15, 0.2) is 77.8 Å². The molecule has 0 atom stereocenters. The maximum absolute atomic E-state index is 11.5. The minimum Gasteiger partial charge on any atom is -0.489 e. The van der Waals surface area contributed by atoms with Gasteiger partial charge in [0, 0.05) is 25.0 Å². The van der Waals surface area contributed by atoms with Crippen LogP contribution >= 0.6 is 0 Å². The van der Waals surface area contributed by atoms with Crippen LogP contribution in [-0.2, 0) is 16.1 Å². The molecule has 1 heterocycles. The second kappa shape index (κ2) is 10.6. The van der Waals surface area contributed by atoms with Gasteiger partial charge in [0.25, 0.3) is 0 Å². The van der Waals surface area contributed by atoms with Gasteiger partial charge in [-0.3, -0.25) is 4.99 Å². The molecule has 0 amide bonds. The molecule has 0 aromatic heterocycles. The van der Waals surface area contributed by atoms with Crippen molar-refractivity contribution in [2.45, 2.75) is 6.61 Å². The van der Waals surface area contributed by atoms with Crippen LogP contribution in [0.3, 0.4) is 0 Å². The quantitative estimate of drug-likeness (QED) is 0.404. The van der Waals surface area contributed by atoms with Gasteiger partial charge in [0.05, 0.1) is 31.6 Å². The summed E-state index contributed by atoms with van der Waals surface area (Å²) in [6.07, 6.45) is 1.85. The van der Waals surface area contributed by atoms with E-state index in [1.54, 1.807) is 12.1 Å². The Hall–Kier alpha value is -3.64. The fourth-order valence-corrected chi connectivity index (χ4v) is 3.39. The monoisotopic (exact) mass is 430 g/mol. The van der Waals surface area contributed by atoms with Crippen LogP contribution in [0.25, 0.3) is 0 Å². The number of carbonyl (C=O) groups is 1. The van der Waals surface area contributed by atoms with Crippen LogP contribution in [0.5, 0.6) is 5.75 Å². The normalized spacial score (nSPS) is 13.8. The highest BCUT2D eigenvalue weighted by Gasteiger charge is 2.10. The third-order valence-electron chi connectivity index (χ3n) is 5.25. The molecule has 1 aliphatic heterocycles. The first-order valence-corrected chi connectivity index (χ1v) is 10.6. The van der Waals surface area contributed by atoms with Crippen molar-refractivity contribution in [3.8, 4) is 5.75 Å². The van der Waals surface area contributed by atoms with Gasteiger partial charge in [-0.05, 0) is 71.8 Å². The molecule has 6 heteroatoms. The molecule has 1 fully saturated rings. The lowest BCUT2D eigenvalue weighted by atomic mass is 10.1. The zero-order valence-corrected chi connectivity index (χ0v) is 18.1. The van der Waals surface area contributed by atoms with E-state index in [-0.39, 0.29) is 5.97 Å². The van der Waals surface area contributed by atoms with Gasteiger partial charge < -0.3 is 19.1 Å². The molecule has 0 spiro atoms. The van der Waals surface area contributed by atoms with Gasteiger partial charge in [0.15, 0.2) is 0 Å². The zero-order chi connectivity index (χ0) is 22.2. The van der Waals surface area contributed by atoms with Gasteiger partial charge in [-0.25, -0.2) is 4.79 Å². The summed E-state index contributed by atoms with van der Waals surface area (Å²) < 4.78 is 15.9. The van der Waals surface area contributed by atoms with E-state index in [1.807, 2.05) is 54.7 Å². The van der Waals surface area contributed by atoms with Crippen LogP contribution in [-0.4, -0.2) is 45.6 Å². The largest absolute Gasteiger partial charge is 0.489 e. The minimum absolute atomic E-state index is 0.345. The maximum Gasteiger partial charge on any atom is 0.337 e. The molecule has 3 aromatic rings. The number of carbonyl (C=O) groups excluding carboxylic acids is 1. The number of nitrogens with zero attached hydrogens (tertiary/aromatic N) is 2. The highest BCUT2D eigenvalue weighted by Crippen LogP contribution is 2.21. The first kappa shape index (κ1) is 21.6. The van der Waals surface area contributed by atoms with Crippen LogP contribution in [0.1, 0.15) is 21.5 Å². The van der Waals surface area contributed by atoms with E-state index in [0.29, 0.717) is 12.2 Å². The number of anilines is 1. The van der Waals surface area contributed by atoms with E-state index in [4.69, 9.17) is 14.2 Å². The first-order valence-electron chi connectivity index (χ1n) is 10.6. The Kier molecular flexibility index (Phi) is 7.15. The second-order valence-corrected chi connectivity index (χ2v) is 7.42. The molecule has 3 aromatic carbocycles. The van der Waals surface area contributed by atoms with Gasteiger partial charge >= 0.3 is 5.97 Å². The summed E-state index contributed by atoms with van der Waals surface area (Å²) >= 11 is 0. The van der Waals surface area contributed by atoms with E-state index >= 15 is 0 Å². The number of aliphatic imine (C=N–C) groups is 1. The van der Waals surface area contributed by atoms with E-state index in [2.05, 4.69) is 22.0 Å². The Bertz CT molecular complexity index is 1040. The maximum atomic E-state index is 11.5. The number of benzene rings is 3. The summed E-state index contributed by atoms with van der Waals surface area (Å²) in [5.41, 5.74) is 4.61. The molecule has 0 N–H and O–H groups in total. The molecule has 4 rings (SSSR count). The number of rotatable bonds is 7. The number of esters is 1. The summed E-state index contributed by atoms with van der Waals surface area (Å²) in [5, 5.41) is 0. The Morgan fingerprint density at radius 2 is 1.66 bits per heavy atom. The van der Waals surface area contributed by atoms with E-state index in [0.717, 1.165) is 48.9 Å². The Balaban J connectivity index is 1.29. The number of hydrogen-bond acceptors (Lipinski definition) is 6. The molecule has 0 aliphatic carbocycles. The second-order valence-electron chi connectivity index (χ2n) is 7.42. The van der Waals surface area contributed by atoms with Crippen molar-refractivity contribution in [2.24, 2.45) is 4.99 Å². The average molecular weight is 431 g/mol. The van der Waals surface area contributed by atoms with Gasteiger partial charge in [-0.15, -0.1) is 0 Å². The fraction of sp³-hybridized carbons (Fsp3) is 0.231. The van der Waals surface area contributed by atoms with Crippen molar-refractivity contribution in [1.82, 2.24) is 0 Å². The molecule has 6 nitrogen and oxygen atoms in total. The fourth-order valence-electron chi connectivity index (χ4n) is 3.39. The minimum atomic E-state index is -0.345. The molecule has 1 saturated heterocycles. The van der Waals surface area contributed by atoms with Crippen molar-refractivity contribution in [2.75, 3.05) is 38.3 Å². The van der Waals surface area contributed by atoms with Gasteiger partial charge in [-0.2, -0.15) is 0 Å². The lowest BCUT2D eigenvalue weighted by Gasteiger charge is -2.28. The highest BCUT2D eigenvalue weighted by molar-refractivity contribution is 5.89. The van der Waals surface area contributed by atoms with E-state index < -0.39 is 0 Å². The number of ether oxygens (including phenoxy) is 3. The van der Waals surface area contributed by atoms with Crippen molar-refractivity contribution in [3.63, 3.8) is 0 Å². The van der Waals surface area contributed by atoms with Crippen LogP contribution < -0.4 is 9.64 Å². The average Bonchev–Trinajstić information content (AvgIpc) is 2.87. The van der Waals surface area contributed by atoms with Gasteiger partial charge in [-0.1, -0.05) is 12.1 Å². The van der Waals surface area contributed by atoms with Crippen molar-refractivity contribution in [1.29, 1.82) is 0 Å². The first-order chi connectivity index (χ1) is 15.7. The molecule has 1 aliphatic rings. The number of methoxy groups -OCH3 is 1. The summed E-state index contributed by atoms with van der Waals surface area (Å²) in [6.45, 7) is 3.83. The Morgan fingerprint density at radius 1 is 0.969 bits per heavy atom. The predicted octanol–water partition coefficient (Wildman–Crippen LogP) is 4.64. The molecular weight excluding hydrogens is 404 g/mol. The zero-order valence-electron chi connectivity index (χ0n) is 18.1. The molecule has 0 unspecified atom stereocenters. The summed E-state index contributed by atoms with van der Waals surface area (Å²) in [7, 11) is 1.37. The Morgan fingerprint density at radius 3 is 2.31 bits per heavy atom. The molecule has 32 heavy (non-hydrogen) atoms. The summed E-state index contributed by atoms with van der Waals surface area (Å²) in [5.74, 6) is 0.428. The molecule has 0 saturated carbocycles. The van der Waals surface area contributed by atoms with Crippen molar-refractivity contribution in [3.05, 3.63) is 89.5 Å². The van der Waals surface area contributed by atoms with Gasteiger partial charge in [0.2, 0.25) is 0 Å². The smallest absolute Gasteiger partial charge is 0.337 e. The molecule has 164 valence electrons. The number of morpholine rings is 1. The van der Waals surface area contributed by atoms with Crippen LogP contribution in [0.4, 0.5) is 11.4 Å². The SMILES string of the molecule is COC(=O)c1ccc(COc2ccc(C=Nc3ccc(N4CCOCC4)cc3)cc2)cc1. The van der Waals surface area contributed by atoms with Crippen molar-refractivity contribution >= 4 is 23.6 Å². The Labute approximate surface area is 188 Å².